The highest BCUT2D eigenvalue weighted by molar-refractivity contribution is 5.83. The minimum absolute atomic E-state index is 0.00237. The molecule has 0 amide bonds. The number of allylic oxidation sites excluding steroid dienone is 1. The molecule has 6 aliphatic rings. The number of benzene rings is 1. The molecule has 3 fully saturated rings. The third-order valence-electron chi connectivity index (χ3n) is 12.4. The number of ketones is 1. The van der Waals surface area contributed by atoms with Crippen molar-refractivity contribution >= 4 is 5.78 Å². The van der Waals surface area contributed by atoms with Crippen LogP contribution >= 0.6 is 0 Å². The highest BCUT2D eigenvalue weighted by atomic mass is 16.7. The molecular weight excluding hydrogens is 490 g/mol. The van der Waals surface area contributed by atoms with Crippen LogP contribution in [-0.4, -0.2) is 49.4 Å². The van der Waals surface area contributed by atoms with Crippen LogP contribution in [0.4, 0.5) is 0 Å². The Morgan fingerprint density at radius 2 is 2.00 bits per heavy atom. The van der Waals surface area contributed by atoms with Crippen LogP contribution in [0.5, 0.6) is 17.2 Å². The molecule has 4 aliphatic carbocycles. The lowest BCUT2D eigenvalue weighted by molar-refractivity contribution is -0.131. The summed E-state index contributed by atoms with van der Waals surface area (Å²) < 4.78 is 17.4. The molecular formula is C33H45NO5. The Morgan fingerprint density at radius 3 is 2.82 bits per heavy atom. The molecule has 1 aromatic carbocycles. The maximum Gasteiger partial charge on any atom is 0.231 e. The lowest BCUT2D eigenvalue weighted by Gasteiger charge is -2.58. The number of carbonyl (C=O) groups is 1. The van der Waals surface area contributed by atoms with Gasteiger partial charge in [0.25, 0.3) is 0 Å². The van der Waals surface area contributed by atoms with Crippen LogP contribution in [0.2, 0.25) is 0 Å². The Balaban J connectivity index is 1.15. The van der Waals surface area contributed by atoms with Gasteiger partial charge in [0.15, 0.2) is 11.5 Å². The van der Waals surface area contributed by atoms with Crippen molar-refractivity contribution in [3.63, 3.8) is 0 Å². The first-order valence-corrected chi connectivity index (χ1v) is 15.3. The van der Waals surface area contributed by atoms with Crippen LogP contribution in [0, 0.1) is 34.5 Å². The van der Waals surface area contributed by atoms with E-state index in [0.717, 1.165) is 68.6 Å². The van der Waals surface area contributed by atoms with Gasteiger partial charge in [-0.3, -0.25) is 9.69 Å². The van der Waals surface area contributed by atoms with E-state index in [4.69, 9.17) is 14.2 Å². The predicted octanol–water partition coefficient (Wildman–Crippen LogP) is 5.85. The number of fused-ring (bicyclic) bond motifs is 7. The van der Waals surface area contributed by atoms with Gasteiger partial charge in [-0.15, -0.1) is 0 Å². The molecule has 39 heavy (non-hydrogen) atoms. The fourth-order valence-corrected chi connectivity index (χ4v) is 10.3. The molecule has 0 radical (unpaired) electrons. The standard InChI is InChI=1S/C33H45NO5/c1-32-12-9-21(35)16-20(32)5-6-22-23-7-8-25(33(23,2)13-10-24(22)32)27(36)17-26-29-19(11-14-34(26)3)15-28-30(31(29)37-4)39-18-38-28/h5,15,21-26,35H,6-14,16-18H2,1-4H3/t21-,22+,23-,24+,25+,26+,32+,33+/m1/s1. The summed E-state index contributed by atoms with van der Waals surface area (Å²) in [5, 5.41) is 10.3. The number of likely N-dealkylation sites (N-methyl/N-ethyl adjacent to an activating group) is 1. The van der Waals surface area contributed by atoms with Crippen molar-refractivity contribution in [2.24, 2.45) is 34.5 Å². The molecule has 212 valence electrons. The van der Waals surface area contributed by atoms with Crippen molar-refractivity contribution in [2.45, 2.75) is 90.2 Å². The first-order chi connectivity index (χ1) is 18.7. The number of Topliss-reactive ketones (excluding diaryl/α,β-unsaturated/α-hetero) is 1. The van der Waals surface area contributed by atoms with E-state index in [2.05, 4.69) is 37.9 Å². The topological polar surface area (TPSA) is 68.2 Å². The molecule has 2 heterocycles. The van der Waals surface area contributed by atoms with Crippen molar-refractivity contribution in [1.82, 2.24) is 4.90 Å². The summed E-state index contributed by atoms with van der Waals surface area (Å²) in [4.78, 5) is 16.6. The largest absolute Gasteiger partial charge is 0.492 e. The Kier molecular flexibility index (Phi) is 6.13. The van der Waals surface area contributed by atoms with E-state index in [1.807, 2.05) is 0 Å². The van der Waals surface area contributed by atoms with Crippen molar-refractivity contribution in [3.8, 4) is 17.2 Å². The summed E-state index contributed by atoms with van der Waals surface area (Å²) in [5.74, 6) is 4.74. The summed E-state index contributed by atoms with van der Waals surface area (Å²) in [6.07, 6.45) is 12.4. The molecule has 1 aromatic rings. The first kappa shape index (κ1) is 25.9. The minimum Gasteiger partial charge on any atom is -0.492 e. The maximum atomic E-state index is 14.3. The number of methoxy groups -OCH3 is 1. The van der Waals surface area contributed by atoms with Crippen LogP contribution in [0.25, 0.3) is 0 Å². The number of nitrogens with zero attached hydrogens (tertiary/aromatic N) is 1. The van der Waals surface area contributed by atoms with Gasteiger partial charge in [-0.2, -0.15) is 0 Å². The van der Waals surface area contributed by atoms with E-state index >= 15 is 0 Å². The van der Waals surface area contributed by atoms with Gasteiger partial charge in [-0.05, 0) is 105 Å². The van der Waals surface area contributed by atoms with Gasteiger partial charge in [0.1, 0.15) is 5.78 Å². The van der Waals surface area contributed by atoms with Gasteiger partial charge >= 0.3 is 0 Å². The van der Waals surface area contributed by atoms with Crippen LogP contribution in [0.15, 0.2) is 17.7 Å². The zero-order chi connectivity index (χ0) is 27.1. The first-order valence-electron chi connectivity index (χ1n) is 15.3. The number of hydrogen-bond donors (Lipinski definition) is 1. The highest BCUT2D eigenvalue weighted by Crippen LogP contribution is 2.66. The minimum atomic E-state index is -0.162. The third-order valence-corrected chi connectivity index (χ3v) is 12.4. The van der Waals surface area contributed by atoms with Gasteiger partial charge in [0.05, 0.1) is 13.2 Å². The Morgan fingerprint density at radius 1 is 1.15 bits per heavy atom. The normalized spacial score (nSPS) is 40.7. The van der Waals surface area contributed by atoms with Gasteiger partial charge in [-0.1, -0.05) is 25.5 Å². The Bertz CT molecular complexity index is 1210. The van der Waals surface area contributed by atoms with Gasteiger partial charge < -0.3 is 19.3 Å². The molecule has 2 aliphatic heterocycles. The van der Waals surface area contributed by atoms with E-state index < -0.39 is 0 Å². The lowest BCUT2D eigenvalue weighted by Crippen LogP contribution is -2.51. The molecule has 0 aromatic heterocycles. The summed E-state index contributed by atoms with van der Waals surface area (Å²) in [5.41, 5.74) is 4.18. The Hall–Kier alpha value is -2.05. The molecule has 3 saturated carbocycles. The van der Waals surface area contributed by atoms with Crippen molar-refractivity contribution < 1.29 is 24.1 Å². The van der Waals surface area contributed by atoms with Crippen molar-refractivity contribution in [1.29, 1.82) is 0 Å². The maximum absolute atomic E-state index is 14.3. The Labute approximate surface area is 233 Å². The molecule has 0 bridgehead atoms. The average Bonchev–Trinajstić information content (AvgIpc) is 3.53. The third kappa shape index (κ3) is 3.76. The number of hydrogen-bond acceptors (Lipinski definition) is 6. The highest BCUT2D eigenvalue weighted by Gasteiger charge is 2.60. The second kappa shape index (κ2) is 9.24. The SMILES string of the molecule is COc1c2c(cc3c1[C@H](CC(=O)[C@@H]1CC[C@@H]4[C@@H]5CC=C6C[C@H](O)CC[C@]6(C)[C@H]5CC[C@@]41C)N(C)CC3)OCO2. The fraction of sp³-hybridized carbons (Fsp3) is 0.727. The zero-order valence-electron chi connectivity index (χ0n) is 24.1. The van der Waals surface area contributed by atoms with Crippen LogP contribution in [0.3, 0.4) is 0 Å². The van der Waals surface area contributed by atoms with Crippen molar-refractivity contribution in [3.05, 3.63) is 28.8 Å². The molecule has 6 nitrogen and oxygen atoms in total. The van der Waals surface area contributed by atoms with E-state index in [9.17, 15) is 9.90 Å². The summed E-state index contributed by atoms with van der Waals surface area (Å²) in [7, 11) is 3.84. The van der Waals surface area contributed by atoms with Crippen LogP contribution in [0.1, 0.15) is 88.8 Å². The molecule has 8 atom stereocenters. The number of aliphatic hydroxyl groups excluding tert-OH is 1. The quantitative estimate of drug-likeness (QED) is 0.488. The zero-order valence-corrected chi connectivity index (χ0v) is 24.1. The summed E-state index contributed by atoms with van der Waals surface area (Å²) in [6.45, 7) is 6.07. The molecule has 1 N–H and O–H groups in total. The molecule has 0 unspecified atom stereocenters. The second-order valence-electron chi connectivity index (χ2n) is 14.0. The molecule has 0 spiro atoms. The van der Waals surface area contributed by atoms with Crippen LogP contribution in [-0.2, 0) is 11.2 Å². The lowest BCUT2D eigenvalue weighted by atomic mass is 9.47. The van der Waals surface area contributed by atoms with Crippen molar-refractivity contribution in [2.75, 3.05) is 27.5 Å². The fourth-order valence-electron chi connectivity index (χ4n) is 10.3. The van der Waals surface area contributed by atoms with E-state index in [-0.39, 0.29) is 35.7 Å². The smallest absolute Gasteiger partial charge is 0.231 e. The number of ether oxygens (including phenoxy) is 3. The molecule has 6 heteroatoms. The number of aliphatic hydroxyl groups is 1. The van der Waals surface area contributed by atoms with E-state index in [1.165, 1.54) is 24.0 Å². The molecule has 0 saturated heterocycles. The van der Waals surface area contributed by atoms with E-state index in [0.29, 0.717) is 35.7 Å². The molecule has 7 rings (SSSR count). The average molecular weight is 536 g/mol. The van der Waals surface area contributed by atoms with Gasteiger partial charge in [-0.25, -0.2) is 0 Å². The van der Waals surface area contributed by atoms with Gasteiger partial charge in [0, 0.05) is 30.5 Å². The predicted molar refractivity (Wildman–Crippen MR) is 149 cm³/mol. The number of rotatable bonds is 4. The number of carbonyl (C=O) groups excluding carboxylic acids is 1. The summed E-state index contributed by atoms with van der Waals surface area (Å²) in [6, 6.07) is 2.10. The van der Waals surface area contributed by atoms with Crippen LogP contribution < -0.4 is 14.2 Å². The van der Waals surface area contributed by atoms with E-state index in [1.54, 1.807) is 7.11 Å². The monoisotopic (exact) mass is 535 g/mol. The second-order valence-corrected chi connectivity index (χ2v) is 14.0. The summed E-state index contributed by atoms with van der Waals surface area (Å²) >= 11 is 0. The van der Waals surface area contributed by atoms with Gasteiger partial charge in [0.2, 0.25) is 12.5 Å².